The van der Waals surface area contributed by atoms with E-state index >= 15 is 0 Å². The van der Waals surface area contributed by atoms with E-state index in [1.54, 1.807) is 16.2 Å². The van der Waals surface area contributed by atoms with Crippen molar-refractivity contribution in [2.24, 2.45) is 5.92 Å². The molecule has 4 rings (SSSR count). The van der Waals surface area contributed by atoms with Gasteiger partial charge in [-0.15, -0.1) is 11.3 Å². The number of benzene rings is 2. The minimum absolute atomic E-state index is 0.152. The Bertz CT molecular complexity index is 925. The largest absolute Gasteiger partial charge is 0.349 e. The summed E-state index contributed by atoms with van der Waals surface area (Å²) < 4.78 is 0. The topological polar surface area (TPSA) is 49.4 Å². The smallest absolute Gasteiger partial charge is 0.242 e. The van der Waals surface area contributed by atoms with Crippen molar-refractivity contribution >= 4 is 28.8 Å². The number of nitrogens with one attached hydrogen (secondary N) is 1. The molecule has 136 valence electrons. The number of rotatable bonds is 5. The average molecular weight is 376 g/mol. The third kappa shape index (κ3) is 3.26. The Balaban J connectivity index is 1.58. The lowest BCUT2D eigenvalue weighted by molar-refractivity contribution is -0.141. The van der Waals surface area contributed by atoms with Gasteiger partial charge in [-0.05, 0) is 36.1 Å². The summed E-state index contributed by atoms with van der Waals surface area (Å²) in [4.78, 5) is 28.6. The van der Waals surface area contributed by atoms with Gasteiger partial charge < -0.3 is 10.2 Å². The minimum atomic E-state index is -0.699. The number of para-hydroxylation sites is 1. The number of hydrogen-bond donors (Lipinski definition) is 1. The van der Waals surface area contributed by atoms with Crippen LogP contribution in [0.3, 0.4) is 0 Å². The summed E-state index contributed by atoms with van der Waals surface area (Å²) in [5, 5.41) is 4.99. The van der Waals surface area contributed by atoms with E-state index in [0.29, 0.717) is 0 Å². The number of nitrogens with zero attached hydrogens (tertiary/aromatic N) is 1. The fourth-order valence-electron chi connectivity index (χ4n) is 3.50. The zero-order chi connectivity index (χ0) is 18.8. The van der Waals surface area contributed by atoms with Crippen LogP contribution >= 0.6 is 11.3 Å². The van der Waals surface area contributed by atoms with Crippen LogP contribution in [0.4, 0.5) is 5.69 Å². The van der Waals surface area contributed by atoms with Crippen molar-refractivity contribution in [3.63, 3.8) is 0 Å². The molecule has 5 heteroatoms. The second-order valence-electron chi connectivity index (χ2n) is 6.62. The molecule has 0 radical (unpaired) electrons. The molecule has 0 unspecified atom stereocenters. The van der Waals surface area contributed by atoms with Gasteiger partial charge in [-0.3, -0.25) is 9.59 Å². The van der Waals surface area contributed by atoms with E-state index in [1.807, 2.05) is 85.1 Å². The van der Waals surface area contributed by atoms with Gasteiger partial charge in [-0.2, -0.15) is 0 Å². The minimum Gasteiger partial charge on any atom is -0.349 e. The van der Waals surface area contributed by atoms with Gasteiger partial charge in [0, 0.05) is 10.6 Å². The van der Waals surface area contributed by atoms with Gasteiger partial charge in [0.2, 0.25) is 11.8 Å². The van der Waals surface area contributed by atoms with E-state index in [9.17, 15) is 9.59 Å². The van der Waals surface area contributed by atoms with Crippen LogP contribution in [0.2, 0.25) is 0 Å². The van der Waals surface area contributed by atoms with Crippen LogP contribution in [0, 0.1) is 5.92 Å². The summed E-state index contributed by atoms with van der Waals surface area (Å²) in [5.74, 6) is -1.07. The van der Waals surface area contributed by atoms with Crippen LogP contribution in [0.5, 0.6) is 0 Å². The molecular weight excluding hydrogens is 356 g/mol. The molecule has 2 amide bonds. The number of β-lactam (4-membered cyclic amide) rings is 1. The second kappa shape index (κ2) is 7.37. The van der Waals surface area contributed by atoms with Crippen molar-refractivity contribution in [3.8, 4) is 0 Å². The van der Waals surface area contributed by atoms with Crippen LogP contribution < -0.4 is 10.2 Å². The molecule has 2 heterocycles. The fourth-order valence-corrected chi connectivity index (χ4v) is 4.35. The molecule has 0 bridgehead atoms. The van der Waals surface area contributed by atoms with Gasteiger partial charge >= 0.3 is 0 Å². The molecule has 3 atom stereocenters. The van der Waals surface area contributed by atoms with Crippen molar-refractivity contribution in [2.45, 2.75) is 19.0 Å². The van der Waals surface area contributed by atoms with Crippen molar-refractivity contribution in [1.82, 2.24) is 5.32 Å². The lowest BCUT2D eigenvalue weighted by Crippen LogP contribution is -2.60. The maximum Gasteiger partial charge on any atom is 0.242 e. The first-order valence-electron chi connectivity index (χ1n) is 8.93. The normalized spacial score (nSPS) is 20.0. The molecule has 4 nitrogen and oxygen atoms in total. The molecule has 1 aromatic heterocycles. The Morgan fingerprint density at radius 3 is 2.30 bits per heavy atom. The summed E-state index contributed by atoms with van der Waals surface area (Å²) in [7, 11) is 0. The molecule has 1 saturated heterocycles. The molecule has 1 N–H and O–H groups in total. The molecule has 2 aromatic carbocycles. The van der Waals surface area contributed by atoms with Crippen LogP contribution in [-0.2, 0) is 9.59 Å². The van der Waals surface area contributed by atoms with E-state index in [4.69, 9.17) is 0 Å². The van der Waals surface area contributed by atoms with Crippen molar-refractivity contribution < 1.29 is 9.59 Å². The number of amides is 2. The first-order chi connectivity index (χ1) is 13.2. The summed E-state index contributed by atoms with van der Waals surface area (Å²) in [6.45, 7) is 1.94. The molecule has 0 spiro atoms. The summed E-state index contributed by atoms with van der Waals surface area (Å²) in [5.41, 5.74) is 1.84. The first kappa shape index (κ1) is 17.5. The Morgan fingerprint density at radius 2 is 1.67 bits per heavy atom. The average Bonchev–Trinajstić information content (AvgIpc) is 3.21. The number of carbonyl (C=O) groups is 2. The Labute approximate surface area is 162 Å². The van der Waals surface area contributed by atoms with Gasteiger partial charge in [0.1, 0.15) is 5.92 Å². The van der Waals surface area contributed by atoms with Crippen LogP contribution in [-0.4, -0.2) is 11.8 Å². The Morgan fingerprint density at radius 1 is 1.00 bits per heavy atom. The lowest BCUT2D eigenvalue weighted by Gasteiger charge is -2.46. The van der Waals surface area contributed by atoms with E-state index in [2.05, 4.69) is 5.32 Å². The van der Waals surface area contributed by atoms with Crippen LogP contribution in [0.1, 0.15) is 29.4 Å². The molecule has 1 fully saturated rings. The zero-order valence-corrected chi connectivity index (χ0v) is 15.7. The maximum absolute atomic E-state index is 12.9. The van der Waals surface area contributed by atoms with E-state index < -0.39 is 5.92 Å². The maximum atomic E-state index is 12.9. The van der Waals surface area contributed by atoms with E-state index in [1.165, 1.54) is 0 Å². The zero-order valence-electron chi connectivity index (χ0n) is 14.9. The van der Waals surface area contributed by atoms with Gasteiger partial charge in [-0.1, -0.05) is 54.6 Å². The number of anilines is 1. The molecular formula is C22H20N2O2S. The lowest BCUT2D eigenvalue weighted by atomic mass is 9.84. The quantitative estimate of drug-likeness (QED) is 0.532. The van der Waals surface area contributed by atoms with E-state index in [-0.39, 0.29) is 23.9 Å². The standard InChI is InChI=1S/C22H20N2O2S/c1-15(16-9-4-2-5-10-16)23-21(25)19-20(18-13-8-14-27-18)24(22(19)26)17-11-6-3-7-12-17/h2-15,19-20H,1H3,(H,23,25)/t15-,19-,20+/m1/s1. The molecule has 0 saturated carbocycles. The Kier molecular flexibility index (Phi) is 4.77. The number of carbonyl (C=O) groups excluding carboxylic acids is 2. The third-order valence-corrected chi connectivity index (χ3v) is 5.85. The molecule has 3 aromatic rings. The predicted molar refractivity (Wildman–Crippen MR) is 107 cm³/mol. The van der Waals surface area contributed by atoms with Gasteiger partial charge in [-0.25, -0.2) is 0 Å². The predicted octanol–water partition coefficient (Wildman–Crippen LogP) is 4.33. The molecule has 1 aliphatic heterocycles. The first-order valence-corrected chi connectivity index (χ1v) is 9.81. The van der Waals surface area contributed by atoms with Crippen molar-refractivity contribution in [2.75, 3.05) is 4.90 Å². The van der Waals surface area contributed by atoms with Crippen LogP contribution in [0.15, 0.2) is 78.2 Å². The number of hydrogen-bond acceptors (Lipinski definition) is 3. The van der Waals surface area contributed by atoms with Gasteiger partial charge in [0.25, 0.3) is 0 Å². The van der Waals surface area contributed by atoms with Crippen molar-refractivity contribution in [1.29, 1.82) is 0 Å². The highest BCUT2D eigenvalue weighted by atomic mass is 32.1. The van der Waals surface area contributed by atoms with Gasteiger partial charge in [0.05, 0.1) is 12.1 Å². The molecule has 27 heavy (non-hydrogen) atoms. The second-order valence-corrected chi connectivity index (χ2v) is 7.60. The SMILES string of the molecule is C[C@@H](NC(=O)[C@@H]1C(=O)N(c2ccccc2)[C@H]1c1cccs1)c1ccccc1. The highest BCUT2D eigenvalue weighted by Crippen LogP contribution is 2.45. The van der Waals surface area contributed by atoms with E-state index in [0.717, 1.165) is 16.1 Å². The summed E-state index contributed by atoms with van der Waals surface area (Å²) >= 11 is 1.57. The summed E-state index contributed by atoms with van der Waals surface area (Å²) in [6, 6.07) is 22.8. The van der Waals surface area contributed by atoms with Crippen LogP contribution in [0.25, 0.3) is 0 Å². The summed E-state index contributed by atoms with van der Waals surface area (Å²) in [6.07, 6.45) is 0. The fraction of sp³-hybridized carbons (Fsp3) is 0.182. The Hall–Kier alpha value is -2.92. The molecule has 1 aliphatic rings. The third-order valence-electron chi connectivity index (χ3n) is 4.91. The van der Waals surface area contributed by atoms with Gasteiger partial charge in [0.15, 0.2) is 0 Å². The highest BCUT2D eigenvalue weighted by Gasteiger charge is 2.53. The molecule has 0 aliphatic carbocycles. The monoisotopic (exact) mass is 376 g/mol. The number of thiophene rings is 1. The van der Waals surface area contributed by atoms with Crippen molar-refractivity contribution in [3.05, 3.63) is 88.6 Å². The highest BCUT2D eigenvalue weighted by molar-refractivity contribution is 7.10.